The van der Waals surface area contributed by atoms with Gasteiger partial charge < -0.3 is 15.4 Å². The van der Waals surface area contributed by atoms with E-state index in [9.17, 15) is 4.79 Å². The molecule has 30 heavy (non-hydrogen) atoms. The number of pyridine rings is 1. The van der Waals surface area contributed by atoms with Crippen LogP contribution >= 0.6 is 23.2 Å². The summed E-state index contributed by atoms with van der Waals surface area (Å²) >= 11 is 12.1. The van der Waals surface area contributed by atoms with E-state index < -0.39 is 0 Å². The molecule has 0 radical (unpaired) electrons. The van der Waals surface area contributed by atoms with E-state index >= 15 is 0 Å². The van der Waals surface area contributed by atoms with Gasteiger partial charge in [-0.2, -0.15) is 5.10 Å². The normalized spacial score (nSPS) is 14.8. The quantitative estimate of drug-likeness (QED) is 0.589. The molecule has 0 unspecified atom stereocenters. The second kappa shape index (κ2) is 9.20. The second-order valence-corrected chi connectivity index (χ2v) is 8.11. The maximum Gasteiger partial charge on any atom is 0.255 e. The highest BCUT2D eigenvalue weighted by atomic mass is 35.5. The summed E-state index contributed by atoms with van der Waals surface area (Å²) in [5.41, 5.74) is 2.82. The van der Waals surface area contributed by atoms with Crippen molar-refractivity contribution in [2.45, 2.75) is 38.9 Å². The van der Waals surface area contributed by atoms with Crippen LogP contribution in [0, 0.1) is 0 Å². The average Bonchev–Trinajstić information content (AvgIpc) is 3.16. The monoisotopic (exact) mass is 447 g/mol. The third kappa shape index (κ3) is 4.53. The number of halogens is 2. The van der Waals surface area contributed by atoms with Gasteiger partial charge in [0, 0.05) is 48.6 Å². The van der Waals surface area contributed by atoms with Gasteiger partial charge in [0.2, 0.25) is 0 Å². The molecule has 1 fully saturated rings. The molecule has 4 rings (SSSR count). The maximum absolute atomic E-state index is 13.1. The molecular weight excluding hydrogens is 425 g/mol. The molecule has 0 saturated carbocycles. The predicted octanol–water partition coefficient (Wildman–Crippen LogP) is 4.28. The lowest BCUT2D eigenvalue weighted by Crippen LogP contribution is -2.30. The lowest BCUT2D eigenvalue weighted by molar-refractivity contribution is 0.0904. The molecule has 1 amide bonds. The highest BCUT2D eigenvalue weighted by Crippen LogP contribution is 2.28. The Balaban J connectivity index is 1.62. The zero-order chi connectivity index (χ0) is 21.1. The van der Waals surface area contributed by atoms with Crippen molar-refractivity contribution >= 4 is 45.8 Å². The van der Waals surface area contributed by atoms with E-state index in [2.05, 4.69) is 20.7 Å². The third-order valence-corrected chi connectivity index (χ3v) is 5.59. The average molecular weight is 448 g/mol. The van der Waals surface area contributed by atoms with Gasteiger partial charge >= 0.3 is 0 Å². The van der Waals surface area contributed by atoms with Crippen molar-refractivity contribution in [2.24, 2.45) is 0 Å². The fraction of sp³-hybridized carbons (Fsp3) is 0.381. The Morgan fingerprint density at radius 2 is 1.93 bits per heavy atom. The third-order valence-electron chi connectivity index (χ3n) is 5.16. The largest absolute Gasteiger partial charge is 0.381 e. The first kappa shape index (κ1) is 20.9. The van der Waals surface area contributed by atoms with Gasteiger partial charge in [-0.15, -0.1) is 0 Å². The number of rotatable bonds is 6. The molecule has 1 aromatic carbocycles. The van der Waals surface area contributed by atoms with Gasteiger partial charge in [0.15, 0.2) is 5.65 Å². The SMILES string of the molecule is CCn1ncc2c(NC3CCOCC3)c(C(=O)NCc3cc(Cl)cc(Cl)c3)cnc21. The number of fused-ring (bicyclic) bond motifs is 1. The van der Waals surface area contributed by atoms with E-state index in [1.54, 1.807) is 30.6 Å². The number of amides is 1. The number of ether oxygens (including phenoxy) is 1. The smallest absolute Gasteiger partial charge is 0.255 e. The van der Waals surface area contributed by atoms with Crippen LogP contribution in [0.15, 0.2) is 30.6 Å². The van der Waals surface area contributed by atoms with Crippen molar-refractivity contribution in [2.75, 3.05) is 18.5 Å². The molecule has 1 aliphatic heterocycles. The number of carbonyl (C=O) groups excluding carboxylic acids is 1. The Morgan fingerprint density at radius 1 is 1.20 bits per heavy atom. The predicted molar refractivity (Wildman–Crippen MR) is 118 cm³/mol. The summed E-state index contributed by atoms with van der Waals surface area (Å²) in [6.07, 6.45) is 5.14. The highest BCUT2D eigenvalue weighted by molar-refractivity contribution is 6.34. The van der Waals surface area contributed by atoms with Gasteiger partial charge in [-0.25, -0.2) is 9.67 Å². The molecule has 3 aromatic rings. The molecule has 7 nitrogen and oxygen atoms in total. The van der Waals surface area contributed by atoms with Crippen LogP contribution in [0.4, 0.5) is 5.69 Å². The summed E-state index contributed by atoms with van der Waals surface area (Å²) in [5, 5.41) is 12.8. The van der Waals surface area contributed by atoms with Gasteiger partial charge in [-0.05, 0) is 43.5 Å². The topological polar surface area (TPSA) is 81.1 Å². The fourth-order valence-corrected chi connectivity index (χ4v) is 4.19. The molecule has 1 aliphatic rings. The minimum atomic E-state index is -0.223. The fourth-order valence-electron chi connectivity index (χ4n) is 3.62. The van der Waals surface area contributed by atoms with Gasteiger partial charge in [0.25, 0.3) is 5.91 Å². The van der Waals surface area contributed by atoms with Crippen LogP contribution in [0.1, 0.15) is 35.7 Å². The summed E-state index contributed by atoms with van der Waals surface area (Å²) in [6, 6.07) is 5.45. The molecule has 0 aliphatic carbocycles. The van der Waals surface area contributed by atoms with E-state index in [0.29, 0.717) is 41.9 Å². The Morgan fingerprint density at radius 3 is 2.63 bits per heavy atom. The van der Waals surface area contributed by atoms with Crippen LogP contribution in [-0.4, -0.2) is 39.9 Å². The first-order chi connectivity index (χ1) is 14.5. The van der Waals surface area contributed by atoms with Crippen molar-refractivity contribution < 1.29 is 9.53 Å². The Kier molecular flexibility index (Phi) is 6.41. The van der Waals surface area contributed by atoms with Crippen molar-refractivity contribution in [1.29, 1.82) is 0 Å². The van der Waals surface area contributed by atoms with Crippen LogP contribution in [0.5, 0.6) is 0 Å². The van der Waals surface area contributed by atoms with Crippen molar-refractivity contribution in [3.05, 3.63) is 51.8 Å². The van der Waals surface area contributed by atoms with E-state index in [1.807, 2.05) is 11.6 Å². The molecule has 2 aromatic heterocycles. The molecule has 9 heteroatoms. The lowest BCUT2D eigenvalue weighted by Gasteiger charge is -2.25. The number of hydrogen-bond acceptors (Lipinski definition) is 5. The zero-order valence-corrected chi connectivity index (χ0v) is 18.1. The summed E-state index contributed by atoms with van der Waals surface area (Å²) in [7, 11) is 0. The second-order valence-electron chi connectivity index (χ2n) is 7.24. The Bertz CT molecular complexity index is 1040. The molecule has 1 saturated heterocycles. The van der Waals surface area contributed by atoms with Crippen LogP contribution < -0.4 is 10.6 Å². The van der Waals surface area contributed by atoms with Crippen LogP contribution in [-0.2, 0) is 17.8 Å². The minimum absolute atomic E-state index is 0.223. The number of anilines is 1. The highest BCUT2D eigenvalue weighted by Gasteiger charge is 2.22. The number of aromatic nitrogens is 3. The van der Waals surface area contributed by atoms with E-state index in [-0.39, 0.29) is 11.9 Å². The summed E-state index contributed by atoms with van der Waals surface area (Å²) in [5.74, 6) is -0.223. The Hall–Kier alpha value is -2.35. The maximum atomic E-state index is 13.1. The van der Waals surface area contributed by atoms with Crippen LogP contribution in [0.2, 0.25) is 10.0 Å². The number of carbonyl (C=O) groups is 1. The number of aryl methyl sites for hydroxylation is 1. The van der Waals surface area contributed by atoms with Gasteiger partial charge in [-0.3, -0.25) is 4.79 Å². The van der Waals surface area contributed by atoms with Crippen LogP contribution in [0.3, 0.4) is 0 Å². The molecule has 0 spiro atoms. The molecular formula is C21H23Cl2N5O2. The summed E-state index contributed by atoms with van der Waals surface area (Å²) in [6.45, 7) is 4.43. The molecule has 3 heterocycles. The van der Waals surface area contributed by atoms with Gasteiger partial charge in [0.05, 0.1) is 22.8 Å². The molecule has 158 valence electrons. The number of benzene rings is 1. The number of hydrogen-bond donors (Lipinski definition) is 2. The zero-order valence-electron chi connectivity index (χ0n) is 16.6. The number of nitrogens with zero attached hydrogens (tertiary/aromatic N) is 3. The van der Waals surface area contributed by atoms with E-state index in [1.165, 1.54) is 0 Å². The van der Waals surface area contributed by atoms with E-state index in [0.717, 1.165) is 35.1 Å². The lowest BCUT2D eigenvalue weighted by atomic mass is 10.1. The van der Waals surface area contributed by atoms with Gasteiger partial charge in [-0.1, -0.05) is 23.2 Å². The minimum Gasteiger partial charge on any atom is -0.381 e. The number of nitrogens with one attached hydrogen (secondary N) is 2. The molecule has 0 bridgehead atoms. The van der Waals surface area contributed by atoms with Crippen molar-refractivity contribution in [3.63, 3.8) is 0 Å². The van der Waals surface area contributed by atoms with Gasteiger partial charge in [0.1, 0.15) is 0 Å². The standard InChI is InChI=1S/C21H23Cl2N5O2/c1-2-28-20-17(12-26-28)19(27-16-3-5-30-6-4-16)18(11-24-20)21(29)25-10-13-7-14(22)9-15(23)8-13/h7-9,11-12,16H,2-6,10H2,1H3,(H,24,27)(H,25,29). The molecule has 0 atom stereocenters. The van der Waals surface area contributed by atoms with Crippen LogP contribution in [0.25, 0.3) is 11.0 Å². The first-order valence-electron chi connectivity index (χ1n) is 9.97. The molecule has 2 N–H and O–H groups in total. The summed E-state index contributed by atoms with van der Waals surface area (Å²) < 4.78 is 7.28. The van der Waals surface area contributed by atoms with Crippen molar-refractivity contribution in [3.8, 4) is 0 Å². The summed E-state index contributed by atoms with van der Waals surface area (Å²) in [4.78, 5) is 17.6. The van der Waals surface area contributed by atoms with E-state index in [4.69, 9.17) is 27.9 Å². The van der Waals surface area contributed by atoms with Crippen molar-refractivity contribution in [1.82, 2.24) is 20.1 Å². The Labute approximate surface area is 184 Å². The first-order valence-corrected chi connectivity index (χ1v) is 10.7.